The minimum absolute atomic E-state index is 0.110. The molecule has 148 valence electrons. The van der Waals surface area contributed by atoms with E-state index in [4.69, 9.17) is 4.74 Å². The summed E-state index contributed by atoms with van der Waals surface area (Å²) in [6.07, 6.45) is 0. The first-order valence-corrected chi connectivity index (χ1v) is 10.5. The van der Waals surface area contributed by atoms with Gasteiger partial charge in [-0.25, -0.2) is 13.2 Å². The van der Waals surface area contributed by atoms with E-state index in [0.717, 1.165) is 18.8 Å². The van der Waals surface area contributed by atoms with Crippen LogP contribution in [-0.4, -0.2) is 43.9 Å². The predicted molar refractivity (Wildman–Crippen MR) is 108 cm³/mol. The number of imidazole rings is 1. The van der Waals surface area contributed by atoms with E-state index in [1.807, 2.05) is 12.1 Å². The standard InChI is InChI=1S/C19H22N4O4S/c1-21-17-8-7-16(13-18(17)22(2)19(21)24)28(25,26)20-14-3-5-15(6-4-14)23-9-11-27-12-10-23/h3-8,13,20H,9-12H2,1-2H3. The Hall–Kier alpha value is -2.78. The molecule has 0 atom stereocenters. The third-order valence-corrected chi connectivity index (χ3v) is 6.43. The molecular formula is C19H22N4O4S. The fourth-order valence-corrected chi connectivity index (χ4v) is 4.51. The molecular weight excluding hydrogens is 380 g/mol. The Kier molecular flexibility index (Phi) is 4.64. The summed E-state index contributed by atoms with van der Waals surface area (Å²) in [6.45, 7) is 3.03. The number of ether oxygens (including phenoxy) is 1. The molecule has 0 unspecified atom stereocenters. The van der Waals surface area contributed by atoms with Crippen molar-refractivity contribution in [3.8, 4) is 0 Å². The lowest BCUT2D eigenvalue weighted by molar-refractivity contribution is 0.122. The zero-order chi connectivity index (χ0) is 19.9. The van der Waals surface area contributed by atoms with Gasteiger partial charge >= 0.3 is 5.69 Å². The van der Waals surface area contributed by atoms with Crippen LogP contribution in [0.3, 0.4) is 0 Å². The number of nitrogens with zero attached hydrogens (tertiary/aromatic N) is 3. The molecule has 2 heterocycles. The summed E-state index contributed by atoms with van der Waals surface area (Å²) in [5, 5.41) is 0. The third kappa shape index (κ3) is 3.27. The number of aromatic nitrogens is 2. The van der Waals surface area contributed by atoms with E-state index < -0.39 is 10.0 Å². The summed E-state index contributed by atoms with van der Waals surface area (Å²) >= 11 is 0. The normalized spacial score (nSPS) is 15.1. The Morgan fingerprint density at radius 1 is 0.929 bits per heavy atom. The van der Waals surface area contributed by atoms with Crippen LogP contribution in [0.25, 0.3) is 11.0 Å². The number of benzene rings is 2. The van der Waals surface area contributed by atoms with E-state index in [1.165, 1.54) is 21.3 Å². The van der Waals surface area contributed by atoms with Crippen molar-refractivity contribution < 1.29 is 13.2 Å². The average molecular weight is 402 g/mol. The number of fused-ring (bicyclic) bond motifs is 1. The highest BCUT2D eigenvalue weighted by Crippen LogP contribution is 2.23. The largest absolute Gasteiger partial charge is 0.378 e. The number of rotatable bonds is 4. The highest BCUT2D eigenvalue weighted by atomic mass is 32.2. The Balaban J connectivity index is 1.59. The molecule has 1 aliphatic heterocycles. The molecule has 0 radical (unpaired) electrons. The summed E-state index contributed by atoms with van der Waals surface area (Å²) in [5.41, 5.74) is 2.57. The summed E-state index contributed by atoms with van der Waals surface area (Å²) < 4.78 is 36.5. The van der Waals surface area contributed by atoms with E-state index in [-0.39, 0.29) is 10.6 Å². The van der Waals surface area contributed by atoms with Crippen LogP contribution in [-0.2, 0) is 28.9 Å². The summed E-state index contributed by atoms with van der Waals surface area (Å²) in [4.78, 5) is 14.4. The van der Waals surface area contributed by atoms with Crippen molar-refractivity contribution >= 4 is 32.4 Å². The highest BCUT2D eigenvalue weighted by Gasteiger charge is 2.18. The minimum atomic E-state index is -3.77. The maximum Gasteiger partial charge on any atom is 0.328 e. The van der Waals surface area contributed by atoms with Crippen LogP contribution in [0.15, 0.2) is 52.2 Å². The van der Waals surface area contributed by atoms with Crippen molar-refractivity contribution in [1.29, 1.82) is 0 Å². The van der Waals surface area contributed by atoms with E-state index >= 15 is 0 Å². The molecule has 1 fully saturated rings. The Morgan fingerprint density at radius 3 is 2.25 bits per heavy atom. The van der Waals surface area contributed by atoms with Gasteiger partial charge < -0.3 is 9.64 Å². The molecule has 1 N–H and O–H groups in total. The van der Waals surface area contributed by atoms with Crippen LogP contribution in [0.2, 0.25) is 0 Å². The van der Waals surface area contributed by atoms with Crippen molar-refractivity contribution in [3.63, 3.8) is 0 Å². The number of nitrogens with one attached hydrogen (secondary N) is 1. The number of hydrogen-bond donors (Lipinski definition) is 1. The molecule has 2 aromatic carbocycles. The highest BCUT2D eigenvalue weighted by molar-refractivity contribution is 7.92. The van der Waals surface area contributed by atoms with Gasteiger partial charge in [-0.15, -0.1) is 0 Å². The van der Waals surface area contributed by atoms with Crippen molar-refractivity contribution in [2.45, 2.75) is 4.90 Å². The molecule has 3 aromatic rings. The molecule has 0 bridgehead atoms. The smallest absolute Gasteiger partial charge is 0.328 e. The molecule has 8 nitrogen and oxygen atoms in total. The monoisotopic (exact) mass is 402 g/mol. The number of anilines is 2. The molecule has 28 heavy (non-hydrogen) atoms. The van der Waals surface area contributed by atoms with Crippen LogP contribution in [0.5, 0.6) is 0 Å². The molecule has 1 aliphatic rings. The molecule has 1 saturated heterocycles. The molecule has 0 amide bonds. The zero-order valence-electron chi connectivity index (χ0n) is 15.8. The van der Waals surface area contributed by atoms with Gasteiger partial charge in [-0.3, -0.25) is 13.9 Å². The summed E-state index contributed by atoms with van der Waals surface area (Å²) in [5.74, 6) is 0. The Morgan fingerprint density at radius 2 is 1.57 bits per heavy atom. The maximum atomic E-state index is 12.8. The van der Waals surface area contributed by atoms with Crippen LogP contribution in [0.1, 0.15) is 0 Å². The fraction of sp³-hybridized carbons (Fsp3) is 0.316. The van der Waals surface area contributed by atoms with E-state index in [9.17, 15) is 13.2 Å². The van der Waals surface area contributed by atoms with Gasteiger partial charge in [0.1, 0.15) is 0 Å². The first kappa shape index (κ1) is 18.6. The first-order chi connectivity index (χ1) is 13.4. The van der Waals surface area contributed by atoms with Crippen LogP contribution in [0.4, 0.5) is 11.4 Å². The summed E-state index contributed by atoms with van der Waals surface area (Å²) in [7, 11) is -0.487. The molecule has 1 aromatic heterocycles. The van der Waals surface area contributed by atoms with Gasteiger partial charge in [-0.05, 0) is 42.5 Å². The van der Waals surface area contributed by atoms with Gasteiger partial charge in [0.15, 0.2) is 0 Å². The molecule has 0 aliphatic carbocycles. The van der Waals surface area contributed by atoms with Gasteiger partial charge in [0.05, 0.1) is 29.1 Å². The second-order valence-corrected chi connectivity index (χ2v) is 8.49. The topological polar surface area (TPSA) is 85.6 Å². The van der Waals surface area contributed by atoms with Gasteiger partial charge in [0, 0.05) is 38.6 Å². The predicted octanol–water partition coefficient (Wildman–Crippen LogP) is 1.51. The Labute approximate surface area is 163 Å². The van der Waals surface area contributed by atoms with Crippen molar-refractivity contribution in [2.24, 2.45) is 14.1 Å². The van der Waals surface area contributed by atoms with Gasteiger partial charge in [0.25, 0.3) is 10.0 Å². The third-order valence-electron chi connectivity index (χ3n) is 5.05. The van der Waals surface area contributed by atoms with Crippen LogP contribution >= 0.6 is 0 Å². The lowest BCUT2D eigenvalue weighted by Crippen LogP contribution is -2.36. The molecule has 0 spiro atoms. The SMILES string of the molecule is Cn1c(=O)n(C)c2cc(S(=O)(=O)Nc3ccc(N4CCOCC4)cc3)ccc21. The van der Waals surface area contributed by atoms with E-state index in [2.05, 4.69) is 9.62 Å². The van der Waals surface area contributed by atoms with Crippen LogP contribution in [0, 0.1) is 0 Å². The molecule has 0 saturated carbocycles. The van der Waals surface area contributed by atoms with E-state index in [1.54, 1.807) is 32.3 Å². The van der Waals surface area contributed by atoms with Crippen molar-refractivity contribution in [1.82, 2.24) is 9.13 Å². The first-order valence-electron chi connectivity index (χ1n) is 8.98. The van der Waals surface area contributed by atoms with Crippen LogP contribution < -0.4 is 15.3 Å². The number of aryl methyl sites for hydroxylation is 2. The lowest BCUT2D eigenvalue weighted by atomic mass is 10.2. The van der Waals surface area contributed by atoms with Crippen molar-refractivity contribution in [2.75, 3.05) is 35.9 Å². The average Bonchev–Trinajstić information content (AvgIpc) is 2.93. The summed E-state index contributed by atoms with van der Waals surface area (Å²) in [6, 6.07) is 12.0. The maximum absolute atomic E-state index is 12.8. The second-order valence-electron chi connectivity index (χ2n) is 6.80. The second kappa shape index (κ2) is 6.99. The molecule has 4 rings (SSSR count). The Bertz CT molecular complexity index is 1170. The number of sulfonamides is 1. The van der Waals surface area contributed by atoms with Gasteiger partial charge in [0.2, 0.25) is 0 Å². The number of hydrogen-bond acceptors (Lipinski definition) is 5. The zero-order valence-corrected chi connectivity index (χ0v) is 16.6. The minimum Gasteiger partial charge on any atom is -0.378 e. The van der Waals surface area contributed by atoms with Gasteiger partial charge in [-0.1, -0.05) is 0 Å². The lowest BCUT2D eigenvalue weighted by Gasteiger charge is -2.28. The number of morpholine rings is 1. The van der Waals surface area contributed by atoms with Gasteiger partial charge in [-0.2, -0.15) is 0 Å². The van der Waals surface area contributed by atoms with E-state index in [0.29, 0.717) is 29.9 Å². The van der Waals surface area contributed by atoms with Crippen molar-refractivity contribution in [3.05, 3.63) is 52.9 Å². The quantitative estimate of drug-likeness (QED) is 0.715. The molecule has 9 heteroatoms. The fourth-order valence-electron chi connectivity index (χ4n) is 3.43.